The van der Waals surface area contributed by atoms with Gasteiger partial charge in [-0.25, -0.2) is 0 Å². The van der Waals surface area contributed by atoms with Crippen LogP contribution in [0.5, 0.6) is 5.75 Å². The van der Waals surface area contributed by atoms with E-state index in [1.807, 2.05) is 18.2 Å². The molecule has 9 heteroatoms. The molecule has 1 amide bonds. The number of likely N-dealkylation sites (tertiary alicyclic amines) is 1. The Bertz CT molecular complexity index is 1170. The highest BCUT2D eigenvalue weighted by Gasteiger charge is 2.32. The number of ether oxygens (including phenoxy) is 1. The molecule has 1 saturated heterocycles. The second-order valence-corrected chi connectivity index (χ2v) is 11.3. The summed E-state index contributed by atoms with van der Waals surface area (Å²) in [5.74, 6) is 1.12. The summed E-state index contributed by atoms with van der Waals surface area (Å²) in [6, 6.07) is 8.19. The number of oxazole rings is 1. The molecule has 2 fully saturated rings. The van der Waals surface area contributed by atoms with Crippen molar-refractivity contribution in [2.75, 3.05) is 38.6 Å². The number of anilines is 1. The van der Waals surface area contributed by atoms with Gasteiger partial charge in [0.1, 0.15) is 5.52 Å². The van der Waals surface area contributed by atoms with Crippen LogP contribution in [0.15, 0.2) is 28.7 Å². The van der Waals surface area contributed by atoms with Gasteiger partial charge >= 0.3 is 0 Å². The first-order valence-corrected chi connectivity index (χ1v) is 13.7. The minimum Gasteiger partial charge on any atom is -0.493 e. The number of halogens is 1. The van der Waals surface area contributed by atoms with Gasteiger partial charge in [0.05, 0.1) is 18.0 Å². The number of carbonyl (C=O) groups is 1. The lowest BCUT2D eigenvalue weighted by molar-refractivity contribution is 0.0646. The first kappa shape index (κ1) is 24.4. The Hall–Kier alpha value is -2.29. The number of carbonyl (C=O) groups excluding carboxylic acids is 1. The normalized spacial score (nSPS) is 19.0. The minimum absolute atomic E-state index is 0.0674. The molecule has 35 heavy (non-hydrogen) atoms. The van der Waals surface area contributed by atoms with E-state index in [-0.39, 0.29) is 5.91 Å². The minimum atomic E-state index is 0.0674. The fourth-order valence-corrected chi connectivity index (χ4v) is 6.40. The van der Waals surface area contributed by atoms with Crippen LogP contribution in [0.2, 0.25) is 4.34 Å². The molecule has 2 aliphatic rings. The summed E-state index contributed by atoms with van der Waals surface area (Å²) >= 11 is 7.54. The predicted molar refractivity (Wildman–Crippen MR) is 141 cm³/mol. The van der Waals surface area contributed by atoms with E-state index in [1.165, 1.54) is 24.2 Å². The monoisotopic (exact) mass is 516 g/mol. The summed E-state index contributed by atoms with van der Waals surface area (Å²) in [6.45, 7) is 6.85. The number of hydrogen-bond acceptors (Lipinski definition) is 7. The number of nitrogens with zero attached hydrogens (tertiary/aromatic N) is 3. The number of nitrogens with one attached hydrogen (secondary N) is 1. The van der Waals surface area contributed by atoms with Crippen LogP contribution in [0.25, 0.3) is 11.1 Å². The van der Waals surface area contributed by atoms with Crippen molar-refractivity contribution in [1.82, 2.24) is 14.8 Å². The van der Waals surface area contributed by atoms with Crippen LogP contribution in [-0.4, -0.2) is 60.0 Å². The van der Waals surface area contributed by atoms with E-state index in [2.05, 4.69) is 27.0 Å². The van der Waals surface area contributed by atoms with Crippen LogP contribution in [-0.2, 0) is 6.54 Å². The molecular weight excluding hydrogens is 484 g/mol. The smallest absolute Gasteiger partial charge is 0.296 e. The molecule has 1 saturated carbocycles. The van der Waals surface area contributed by atoms with E-state index in [0.717, 1.165) is 54.7 Å². The molecule has 1 N–H and O–H groups in total. The highest BCUT2D eigenvalue weighted by atomic mass is 35.5. The highest BCUT2D eigenvalue weighted by Crippen LogP contribution is 2.33. The summed E-state index contributed by atoms with van der Waals surface area (Å²) in [5.41, 5.74) is 1.76. The molecule has 0 bridgehead atoms. The Balaban J connectivity index is 1.38. The summed E-state index contributed by atoms with van der Waals surface area (Å²) in [7, 11) is 1.60. The van der Waals surface area contributed by atoms with E-state index < -0.39 is 0 Å². The zero-order valence-electron chi connectivity index (χ0n) is 20.4. The number of aromatic nitrogens is 1. The van der Waals surface area contributed by atoms with Gasteiger partial charge in [-0.2, -0.15) is 4.98 Å². The van der Waals surface area contributed by atoms with Crippen molar-refractivity contribution in [1.29, 1.82) is 0 Å². The maximum Gasteiger partial charge on any atom is 0.296 e. The van der Waals surface area contributed by atoms with Crippen LogP contribution >= 0.6 is 22.9 Å². The number of rotatable bonds is 9. The van der Waals surface area contributed by atoms with Gasteiger partial charge in [-0.1, -0.05) is 31.4 Å². The van der Waals surface area contributed by atoms with E-state index >= 15 is 0 Å². The molecular formula is C26H33ClN4O3S. The third-order valence-electron chi connectivity index (χ3n) is 7.26. The fourth-order valence-electron chi connectivity index (χ4n) is 5.37. The van der Waals surface area contributed by atoms with Crippen molar-refractivity contribution in [2.45, 2.75) is 51.6 Å². The standard InChI is InChI=1S/C26H33ClN4O3S/c1-3-30-11-10-17(15-30)16-31(19-6-4-5-7-19)25(32)18-12-21-24(22(13-18)33-2)34-26(29-21)28-14-20-8-9-23(27)35-20/h8-9,12-13,17,19H,3-7,10-11,14-16H2,1-2H3,(H,28,29). The van der Waals surface area contributed by atoms with Gasteiger partial charge in [0.25, 0.3) is 11.9 Å². The zero-order chi connectivity index (χ0) is 24.4. The molecule has 5 rings (SSSR count). The average molecular weight is 517 g/mol. The van der Waals surface area contributed by atoms with E-state index in [4.69, 9.17) is 20.8 Å². The number of fused-ring (bicyclic) bond motifs is 1. The molecule has 3 aromatic rings. The average Bonchev–Trinajstić information content (AvgIpc) is 3.67. The lowest BCUT2D eigenvalue weighted by atomic mass is 10.0. The molecule has 0 radical (unpaired) electrons. The van der Waals surface area contributed by atoms with Gasteiger partial charge in [0.2, 0.25) is 0 Å². The molecule has 2 aromatic heterocycles. The summed E-state index contributed by atoms with van der Waals surface area (Å²) in [5, 5.41) is 3.21. The Kier molecular flexibility index (Phi) is 7.51. The van der Waals surface area contributed by atoms with Crippen LogP contribution in [0.3, 0.4) is 0 Å². The van der Waals surface area contributed by atoms with Crippen LogP contribution in [0.1, 0.15) is 54.3 Å². The highest BCUT2D eigenvalue weighted by molar-refractivity contribution is 7.16. The van der Waals surface area contributed by atoms with Gasteiger partial charge in [0.15, 0.2) is 11.3 Å². The Labute approximate surface area is 215 Å². The molecule has 1 aliphatic heterocycles. The van der Waals surface area contributed by atoms with Crippen molar-refractivity contribution in [3.05, 3.63) is 39.0 Å². The van der Waals surface area contributed by atoms with Crippen LogP contribution < -0.4 is 10.1 Å². The van der Waals surface area contributed by atoms with Gasteiger partial charge in [-0.05, 0) is 62.5 Å². The van der Waals surface area contributed by atoms with Gasteiger partial charge < -0.3 is 24.3 Å². The van der Waals surface area contributed by atoms with Crippen molar-refractivity contribution in [2.24, 2.45) is 5.92 Å². The first-order valence-electron chi connectivity index (χ1n) is 12.5. The van der Waals surface area contributed by atoms with Crippen LogP contribution in [0.4, 0.5) is 6.01 Å². The fraction of sp³-hybridized carbons (Fsp3) is 0.538. The summed E-state index contributed by atoms with van der Waals surface area (Å²) in [4.78, 5) is 24.2. The lowest BCUT2D eigenvalue weighted by Gasteiger charge is -2.31. The van der Waals surface area contributed by atoms with Gasteiger partial charge in [-0.15, -0.1) is 11.3 Å². The summed E-state index contributed by atoms with van der Waals surface area (Å²) in [6.07, 6.45) is 5.70. The molecule has 3 heterocycles. The second-order valence-electron chi connectivity index (χ2n) is 9.55. The first-order chi connectivity index (χ1) is 17.0. The van der Waals surface area contributed by atoms with Crippen LogP contribution in [0, 0.1) is 5.92 Å². The van der Waals surface area contributed by atoms with Crippen molar-refractivity contribution in [3.63, 3.8) is 0 Å². The summed E-state index contributed by atoms with van der Waals surface area (Å²) < 4.78 is 12.3. The topological polar surface area (TPSA) is 70.8 Å². The Morgan fingerprint density at radius 2 is 2.14 bits per heavy atom. The van der Waals surface area contributed by atoms with Crippen molar-refractivity contribution < 1.29 is 13.9 Å². The number of hydrogen-bond donors (Lipinski definition) is 1. The number of thiophene rings is 1. The largest absolute Gasteiger partial charge is 0.493 e. The maximum absolute atomic E-state index is 13.9. The predicted octanol–water partition coefficient (Wildman–Crippen LogP) is 5.89. The van der Waals surface area contributed by atoms with E-state index in [9.17, 15) is 4.79 Å². The van der Waals surface area contributed by atoms with Gasteiger partial charge in [-0.3, -0.25) is 4.79 Å². The van der Waals surface area contributed by atoms with E-state index in [1.54, 1.807) is 13.2 Å². The lowest BCUT2D eigenvalue weighted by Crippen LogP contribution is -2.42. The van der Waals surface area contributed by atoms with Crippen molar-refractivity contribution in [3.8, 4) is 5.75 Å². The number of methoxy groups -OCH3 is 1. The third kappa shape index (κ3) is 5.44. The third-order valence-corrected chi connectivity index (χ3v) is 8.50. The molecule has 1 atom stereocenters. The second kappa shape index (κ2) is 10.8. The SMILES string of the molecule is CCN1CCC(CN(C(=O)c2cc(OC)c3oc(NCc4ccc(Cl)s4)nc3c2)C2CCCC2)C1. The quantitative estimate of drug-likeness (QED) is 0.382. The maximum atomic E-state index is 13.9. The number of amides is 1. The zero-order valence-corrected chi connectivity index (χ0v) is 22.0. The Morgan fingerprint density at radius 3 is 2.83 bits per heavy atom. The molecule has 1 aromatic carbocycles. The van der Waals surface area contributed by atoms with Crippen molar-refractivity contribution >= 4 is 46.0 Å². The van der Waals surface area contributed by atoms with E-state index in [0.29, 0.717) is 46.9 Å². The molecule has 188 valence electrons. The molecule has 0 spiro atoms. The molecule has 1 aliphatic carbocycles. The number of benzene rings is 1. The van der Waals surface area contributed by atoms with Gasteiger partial charge in [0, 0.05) is 29.6 Å². The Morgan fingerprint density at radius 1 is 1.31 bits per heavy atom. The molecule has 7 nitrogen and oxygen atoms in total. The molecule has 1 unspecified atom stereocenters.